The molecule has 0 bridgehead atoms. The first-order valence-corrected chi connectivity index (χ1v) is 6.11. The van der Waals surface area contributed by atoms with Gasteiger partial charge in [0.05, 0.1) is 17.1 Å². The van der Waals surface area contributed by atoms with Crippen LogP contribution in [0.15, 0.2) is 57.8 Å². The van der Waals surface area contributed by atoms with Crippen molar-refractivity contribution >= 4 is 17.1 Å². The van der Waals surface area contributed by atoms with Crippen LogP contribution in [-0.4, -0.2) is 16.0 Å². The van der Waals surface area contributed by atoms with Crippen molar-refractivity contribution in [2.45, 2.75) is 13.8 Å². The van der Waals surface area contributed by atoms with Crippen LogP contribution in [0, 0.1) is 6.92 Å². The van der Waals surface area contributed by atoms with Gasteiger partial charge in [-0.2, -0.15) is 10.2 Å². The van der Waals surface area contributed by atoms with E-state index in [1.54, 1.807) is 19.1 Å². The Hall–Kier alpha value is -2.69. The Labute approximate surface area is 116 Å². The molecule has 0 aliphatic heterocycles. The summed E-state index contributed by atoms with van der Waals surface area (Å²) in [4.78, 5) is 0. The van der Waals surface area contributed by atoms with Crippen LogP contribution in [-0.2, 0) is 0 Å². The van der Waals surface area contributed by atoms with Crippen LogP contribution < -0.4 is 0 Å². The van der Waals surface area contributed by atoms with E-state index in [1.807, 2.05) is 37.3 Å². The number of hydrogen-bond donors (Lipinski definition) is 2. The molecule has 0 atom stereocenters. The molecule has 102 valence electrons. The van der Waals surface area contributed by atoms with Gasteiger partial charge in [0.15, 0.2) is 0 Å². The number of phenols is 1. The molecule has 0 fully saturated rings. The molecule has 0 aliphatic rings. The van der Waals surface area contributed by atoms with Gasteiger partial charge in [-0.25, -0.2) is 0 Å². The third-order valence-electron chi connectivity index (χ3n) is 2.88. The van der Waals surface area contributed by atoms with Crippen molar-refractivity contribution < 1.29 is 10.3 Å². The van der Waals surface area contributed by atoms with Crippen LogP contribution in [0.25, 0.3) is 0 Å². The molecule has 0 unspecified atom stereocenters. The summed E-state index contributed by atoms with van der Waals surface area (Å²) in [7, 11) is 0. The lowest BCUT2D eigenvalue weighted by molar-refractivity contribution is 0.318. The van der Waals surface area contributed by atoms with Crippen LogP contribution in [0.4, 0.5) is 11.4 Å². The first-order valence-electron chi connectivity index (χ1n) is 6.11. The molecular formula is C15H15N3O2. The second-order valence-electron chi connectivity index (χ2n) is 4.38. The van der Waals surface area contributed by atoms with Crippen molar-refractivity contribution in [3.05, 3.63) is 53.6 Å². The Bertz CT molecular complexity index is 664. The molecule has 0 spiro atoms. The van der Waals surface area contributed by atoms with Crippen molar-refractivity contribution in [1.29, 1.82) is 0 Å². The molecule has 0 saturated carbocycles. The SMILES string of the molecule is CC(=NO)c1cc(N=Nc2ccccc2)c(C)cc1O. The van der Waals surface area contributed by atoms with Crippen LogP contribution in [0.5, 0.6) is 5.75 Å². The quantitative estimate of drug-likeness (QED) is 0.377. The molecule has 2 aromatic rings. The van der Waals surface area contributed by atoms with Crippen molar-refractivity contribution in [1.82, 2.24) is 0 Å². The number of benzene rings is 2. The highest BCUT2D eigenvalue weighted by molar-refractivity contribution is 6.01. The monoisotopic (exact) mass is 269 g/mol. The smallest absolute Gasteiger partial charge is 0.125 e. The summed E-state index contributed by atoms with van der Waals surface area (Å²) in [5, 5.41) is 30.0. The minimum absolute atomic E-state index is 0.0523. The van der Waals surface area contributed by atoms with Crippen LogP contribution in [0.3, 0.4) is 0 Å². The Morgan fingerprint density at radius 1 is 1.05 bits per heavy atom. The molecule has 0 saturated heterocycles. The van der Waals surface area contributed by atoms with E-state index in [9.17, 15) is 5.11 Å². The lowest BCUT2D eigenvalue weighted by atomic mass is 10.1. The average Bonchev–Trinajstić information content (AvgIpc) is 2.46. The van der Waals surface area contributed by atoms with Gasteiger partial charge in [-0.1, -0.05) is 23.4 Å². The number of aryl methyl sites for hydroxylation is 1. The lowest BCUT2D eigenvalue weighted by Crippen LogP contribution is -1.95. The van der Waals surface area contributed by atoms with Gasteiger partial charge < -0.3 is 10.3 Å². The van der Waals surface area contributed by atoms with Gasteiger partial charge in [-0.15, -0.1) is 0 Å². The van der Waals surface area contributed by atoms with Gasteiger partial charge in [0, 0.05) is 5.56 Å². The number of phenolic OH excluding ortho intramolecular Hbond substituents is 1. The fraction of sp³-hybridized carbons (Fsp3) is 0.133. The van der Waals surface area contributed by atoms with E-state index >= 15 is 0 Å². The Morgan fingerprint density at radius 2 is 1.75 bits per heavy atom. The molecule has 2 aromatic carbocycles. The minimum Gasteiger partial charge on any atom is -0.507 e. The minimum atomic E-state index is 0.0523. The van der Waals surface area contributed by atoms with Gasteiger partial charge in [0.1, 0.15) is 5.75 Å². The van der Waals surface area contributed by atoms with Crippen molar-refractivity contribution in [2.75, 3.05) is 0 Å². The second kappa shape index (κ2) is 5.97. The maximum atomic E-state index is 9.84. The summed E-state index contributed by atoms with van der Waals surface area (Å²) in [6, 6.07) is 12.6. The van der Waals surface area contributed by atoms with Gasteiger partial charge in [0.25, 0.3) is 0 Å². The van der Waals surface area contributed by atoms with E-state index in [0.717, 1.165) is 11.3 Å². The number of aromatic hydroxyl groups is 1. The van der Waals surface area contributed by atoms with Crippen LogP contribution in [0.1, 0.15) is 18.1 Å². The first-order chi connectivity index (χ1) is 9.61. The van der Waals surface area contributed by atoms with Gasteiger partial charge in [-0.05, 0) is 43.7 Å². The maximum absolute atomic E-state index is 9.84. The predicted molar refractivity (Wildman–Crippen MR) is 77.5 cm³/mol. The summed E-state index contributed by atoms with van der Waals surface area (Å²) in [5.74, 6) is 0.0523. The average molecular weight is 269 g/mol. The highest BCUT2D eigenvalue weighted by Crippen LogP contribution is 2.29. The van der Waals surface area contributed by atoms with Gasteiger partial charge in [-0.3, -0.25) is 0 Å². The lowest BCUT2D eigenvalue weighted by Gasteiger charge is -2.06. The summed E-state index contributed by atoms with van der Waals surface area (Å²) in [5.41, 5.74) is 2.90. The van der Waals surface area contributed by atoms with Crippen molar-refractivity contribution in [3.63, 3.8) is 0 Å². The molecule has 20 heavy (non-hydrogen) atoms. The summed E-state index contributed by atoms with van der Waals surface area (Å²) >= 11 is 0. The van der Waals surface area contributed by atoms with Gasteiger partial charge >= 0.3 is 0 Å². The molecule has 5 nitrogen and oxygen atoms in total. The molecular weight excluding hydrogens is 254 g/mol. The predicted octanol–water partition coefficient (Wildman–Crippen LogP) is 4.31. The van der Waals surface area contributed by atoms with E-state index in [2.05, 4.69) is 15.4 Å². The zero-order valence-electron chi connectivity index (χ0n) is 11.3. The molecule has 0 amide bonds. The van der Waals surface area contributed by atoms with E-state index in [1.165, 1.54) is 0 Å². The molecule has 0 aliphatic carbocycles. The topological polar surface area (TPSA) is 77.5 Å². The Balaban J connectivity index is 2.40. The number of hydrogen-bond acceptors (Lipinski definition) is 5. The molecule has 0 radical (unpaired) electrons. The van der Waals surface area contributed by atoms with E-state index < -0.39 is 0 Å². The summed E-state index contributed by atoms with van der Waals surface area (Å²) in [6.45, 7) is 3.43. The standard InChI is InChI=1S/C15H15N3O2/c1-10-8-15(19)13(11(2)18-20)9-14(10)17-16-12-6-4-3-5-7-12/h3-9,19-20H,1-2H3. The first kappa shape index (κ1) is 13.7. The van der Waals surface area contributed by atoms with E-state index in [4.69, 9.17) is 5.21 Å². The molecule has 5 heteroatoms. The second-order valence-corrected chi connectivity index (χ2v) is 4.38. The third kappa shape index (κ3) is 3.00. The van der Waals surface area contributed by atoms with E-state index in [0.29, 0.717) is 17.0 Å². The van der Waals surface area contributed by atoms with Crippen molar-refractivity contribution in [3.8, 4) is 5.75 Å². The third-order valence-corrected chi connectivity index (χ3v) is 2.88. The number of azo groups is 1. The van der Waals surface area contributed by atoms with Crippen molar-refractivity contribution in [2.24, 2.45) is 15.4 Å². The highest BCUT2D eigenvalue weighted by atomic mass is 16.4. The number of oxime groups is 1. The number of rotatable bonds is 3. The summed E-state index contributed by atoms with van der Waals surface area (Å²) < 4.78 is 0. The number of nitrogens with zero attached hydrogens (tertiary/aromatic N) is 3. The zero-order valence-corrected chi connectivity index (χ0v) is 11.3. The largest absolute Gasteiger partial charge is 0.507 e. The summed E-state index contributed by atoms with van der Waals surface area (Å²) in [6.07, 6.45) is 0. The van der Waals surface area contributed by atoms with Gasteiger partial charge in [0.2, 0.25) is 0 Å². The highest BCUT2D eigenvalue weighted by Gasteiger charge is 2.09. The van der Waals surface area contributed by atoms with Crippen LogP contribution >= 0.6 is 0 Å². The Morgan fingerprint density at radius 3 is 2.40 bits per heavy atom. The molecule has 0 heterocycles. The fourth-order valence-corrected chi connectivity index (χ4v) is 1.74. The molecule has 2 N–H and O–H groups in total. The fourth-order valence-electron chi connectivity index (χ4n) is 1.74. The zero-order chi connectivity index (χ0) is 14.5. The Kier molecular flexibility index (Phi) is 4.10. The normalized spacial score (nSPS) is 12.0. The maximum Gasteiger partial charge on any atom is 0.125 e. The van der Waals surface area contributed by atoms with E-state index in [-0.39, 0.29) is 5.75 Å². The molecule has 2 rings (SSSR count). The molecule has 0 aromatic heterocycles. The van der Waals surface area contributed by atoms with Crippen LogP contribution in [0.2, 0.25) is 0 Å².